The van der Waals surface area contributed by atoms with Crippen LogP contribution < -0.4 is 10.6 Å². The van der Waals surface area contributed by atoms with Gasteiger partial charge in [0.1, 0.15) is 5.82 Å². The molecule has 0 radical (unpaired) electrons. The molecule has 1 aromatic rings. The predicted octanol–water partition coefficient (Wildman–Crippen LogP) is 2.90. The summed E-state index contributed by atoms with van der Waals surface area (Å²) in [7, 11) is 0. The van der Waals surface area contributed by atoms with Gasteiger partial charge in [-0.15, -0.1) is 0 Å². The maximum absolute atomic E-state index is 4.37. The zero-order chi connectivity index (χ0) is 11.6. The van der Waals surface area contributed by atoms with E-state index in [1.165, 1.54) is 19.3 Å². The van der Waals surface area contributed by atoms with E-state index in [1.54, 1.807) is 6.20 Å². The molecular weight excluding hydrogens is 200 g/mol. The second kappa shape index (κ2) is 7.91. The first-order valence-electron chi connectivity index (χ1n) is 6.17. The second-order valence-corrected chi connectivity index (χ2v) is 3.83. The molecule has 1 aromatic heterocycles. The van der Waals surface area contributed by atoms with Gasteiger partial charge >= 0.3 is 0 Å². The molecule has 0 atom stereocenters. The van der Waals surface area contributed by atoms with E-state index in [2.05, 4.69) is 34.4 Å². The minimum absolute atomic E-state index is 0.720. The summed E-state index contributed by atoms with van der Waals surface area (Å²) >= 11 is 0. The fraction of sp³-hybridized carbons (Fsp3) is 0.667. The Morgan fingerprint density at radius 2 is 1.94 bits per heavy atom. The molecule has 1 rings (SSSR count). The smallest absolute Gasteiger partial charge is 0.224 e. The predicted molar refractivity (Wildman–Crippen MR) is 68.8 cm³/mol. The molecule has 4 heteroatoms. The Hall–Kier alpha value is -1.32. The highest BCUT2D eigenvalue weighted by atomic mass is 15.1. The maximum Gasteiger partial charge on any atom is 0.224 e. The Balaban J connectivity index is 2.35. The number of anilines is 2. The van der Waals surface area contributed by atoms with Crippen LogP contribution in [0.1, 0.15) is 39.5 Å². The summed E-state index contributed by atoms with van der Waals surface area (Å²) in [5, 5.41) is 6.48. The first kappa shape index (κ1) is 12.7. The number of rotatable bonds is 8. The van der Waals surface area contributed by atoms with Crippen LogP contribution >= 0.6 is 0 Å². The molecule has 0 bridgehead atoms. The number of aromatic nitrogens is 2. The Bertz CT molecular complexity index is 288. The lowest BCUT2D eigenvalue weighted by molar-refractivity contribution is 0.740. The molecule has 0 spiro atoms. The topological polar surface area (TPSA) is 49.8 Å². The van der Waals surface area contributed by atoms with Crippen molar-refractivity contribution < 1.29 is 0 Å². The van der Waals surface area contributed by atoms with Gasteiger partial charge in [0.15, 0.2) is 0 Å². The molecule has 0 aromatic carbocycles. The van der Waals surface area contributed by atoms with Crippen LogP contribution in [0, 0.1) is 0 Å². The highest BCUT2D eigenvalue weighted by Gasteiger charge is 1.97. The van der Waals surface area contributed by atoms with Crippen molar-refractivity contribution in [1.29, 1.82) is 0 Å². The summed E-state index contributed by atoms with van der Waals surface area (Å²) in [6.07, 6.45) is 6.55. The lowest BCUT2D eigenvalue weighted by Crippen LogP contribution is -2.08. The lowest BCUT2D eigenvalue weighted by atomic mass is 10.2. The number of hydrogen-bond donors (Lipinski definition) is 2. The van der Waals surface area contributed by atoms with Crippen molar-refractivity contribution in [3.63, 3.8) is 0 Å². The summed E-state index contributed by atoms with van der Waals surface area (Å²) in [5.74, 6) is 1.62. The molecule has 0 saturated heterocycles. The second-order valence-electron chi connectivity index (χ2n) is 3.83. The van der Waals surface area contributed by atoms with Crippen molar-refractivity contribution >= 4 is 11.8 Å². The van der Waals surface area contributed by atoms with E-state index >= 15 is 0 Å². The fourth-order valence-electron chi connectivity index (χ4n) is 1.37. The van der Waals surface area contributed by atoms with E-state index in [4.69, 9.17) is 0 Å². The summed E-state index contributed by atoms with van der Waals surface area (Å²) < 4.78 is 0. The highest BCUT2D eigenvalue weighted by Crippen LogP contribution is 2.06. The average molecular weight is 222 g/mol. The quantitative estimate of drug-likeness (QED) is 0.664. The molecule has 1 heterocycles. The molecule has 2 N–H and O–H groups in total. The van der Waals surface area contributed by atoms with Gasteiger partial charge in [-0.25, -0.2) is 4.98 Å². The van der Waals surface area contributed by atoms with Crippen LogP contribution in [0.4, 0.5) is 11.8 Å². The van der Waals surface area contributed by atoms with Crippen LogP contribution in [-0.2, 0) is 0 Å². The van der Waals surface area contributed by atoms with E-state index < -0.39 is 0 Å². The Labute approximate surface area is 97.9 Å². The number of nitrogens with zero attached hydrogens (tertiary/aromatic N) is 2. The van der Waals surface area contributed by atoms with E-state index in [0.717, 1.165) is 31.3 Å². The zero-order valence-corrected chi connectivity index (χ0v) is 10.3. The molecule has 0 aliphatic rings. The lowest BCUT2D eigenvalue weighted by Gasteiger charge is -2.07. The van der Waals surface area contributed by atoms with Crippen LogP contribution in [0.5, 0.6) is 0 Å². The largest absolute Gasteiger partial charge is 0.370 e. The maximum atomic E-state index is 4.37. The van der Waals surface area contributed by atoms with Gasteiger partial charge in [0.05, 0.1) is 0 Å². The fourth-order valence-corrected chi connectivity index (χ4v) is 1.37. The molecular formula is C12H22N4. The highest BCUT2D eigenvalue weighted by molar-refractivity contribution is 5.39. The molecule has 4 nitrogen and oxygen atoms in total. The van der Waals surface area contributed by atoms with Crippen molar-refractivity contribution in [1.82, 2.24) is 9.97 Å². The number of nitrogens with one attached hydrogen (secondary N) is 2. The zero-order valence-electron chi connectivity index (χ0n) is 10.3. The van der Waals surface area contributed by atoms with Crippen molar-refractivity contribution in [2.45, 2.75) is 39.5 Å². The van der Waals surface area contributed by atoms with Gasteiger partial charge in [-0.05, 0) is 18.9 Å². The van der Waals surface area contributed by atoms with E-state index in [9.17, 15) is 0 Å². The van der Waals surface area contributed by atoms with Gasteiger partial charge < -0.3 is 10.6 Å². The summed E-state index contributed by atoms with van der Waals surface area (Å²) in [5.41, 5.74) is 0. The monoisotopic (exact) mass is 222 g/mol. The summed E-state index contributed by atoms with van der Waals surface area (Å²) in [4.78, 5) is 8.56. The third kappa shape index (κ3) is 4.96. The van der Waals surface area contributed by atoms with Crippen LogP contribution in [-0.4, -0.2) is 23.1 Å². The van der Waals surface area contributed by atoms with Gasteiger partial charge in [0.2, 0.25) is 5.95 Å². The summed E-state index contributed by atoms with van der Waals surface area (Å²) in [6.45, 7) is 6.24. The minimum atomic E-state index is 0.720. The molecule has 0 unspecified atom stereocenters. The van der Waals surface area contributed by atoms with E-state index in [1.807, 2.05) is 6.07 Å². The molecule has 0 saturated carbocycles. The molecule has 90 valence electrons. The molecule has 16 heavy (non-hydrogen) atoms. The first-order valence-corrected chi connectivity index (χ1v) is 6.17. The number of unbranched alkanes of at least 4 members (excludes halogenated alkanes) is 2. The van der Waals surface area contributed by atoms with Crippen molar-refractivity contribution in [2.24, 2.45) is 0 Å². The first-order chi connectivity index (χ1) is 7.86. The van der Waals surface area contributed by atoms with Gasteiger partial charge in [-0.3, -0.25) is 0 Å². The van der Waals surface area contributed by atoms with Crippen LogP contribution in [0.2, 0.25) is 0 Å². The normalized spacial score (nSPS) is 10.1. The Morgan fingerprint density at radius 3 is 2.69 bits per heavy atom. The number of hydrogen-bond acceptors (Lipinski definition) is 4. The molecule has 0 aliphatic heterocycles. The van der Waals surface area contributed by atoms with Gasteiger partial charge in [-0.1, -0.05) is 26.7 Å². The minimum Gasteiger partial charge on any atom is -0.370 e. The Kier molecular flexibility index (Phi) is 6.30. The van der Waals surface area contributed by atoms with Crippen molar-refractivity contribution in [2.75, 3.05) is 23.7 Å². The molecule has 0 aliphatic carbocycles. The molecule has 0 fully saturated rings. The molecule has 0 amide bonds. The Morgan fingerprint density at radius 1 is 1.06 bits per heavy atom. The van der Waals surface area contributed by atoms with Crippen molar-refractivity contribution in [3.8, 4) is 0 Å². The van der Waals surface area contributed by atoms with Crippen LogP contribution in [0.15, 0.2) is 12.3 Å². The van der Waals surface area contributed by atoms with Gasteiger partial charge in [0, 0.05) is 19.3 Å². The van der Waals surface area contributed by atoms with E-state index in [0.29, 0.717) is 0 Å². The standard InChI is InChI=1S/C12H22N4/c1-3-5-6-9-14-12-15-10-7-11(16-12)13-8-4-2/h7,10H,3-6,8-9H2,1-2H3,(H2,13,14,15,16). The van der Waals surface area contributed by atoms with E-state index in [-0.39, 0.29) is 0 Å². The van der Waals surface area contributed by atoms with Crippen LogP contribution in [0.3, 0.4) is 0 Å². The third-order valence-corrected chi connectivity index (χ3v) is 2.28. The van der Waals surface area contributed by atoms with Crippen molar-refractivity contribution in [3.05, 3.63) is 12.3 Å². The third-order valence-electron chi connectivity index (χ3n) is 2.28. The van der Waals surface area contributed by atoms with Crippen LogP contribution in [0.25, 0.3) is 0 Å². The van der Waals surface area contributed by atoms with Gasteiger partial charge in [-0.2, -0.15) is 4.98 Å². The summed E-state index contributed by atoms with van der Waals surface area (Å²) in [6, 6.07) is 1.90. The van der Waals surface area contributed by atoms with Gasteiger partial charge in [0.25, 0.3) is 0 Å². The average Bonchev–Trinajstić information content (AvgIpc) is 2.33. The SMILES string of the molecule is CCCCCNc1nccc(NCCC)n1.